The molecule has 0 spiro atoms. The lowest BCUT2D eigenvalue weighted by atomic mass is 9.92. The lowest BCUT2D eigenvalue weighted by molar-refractivity contribution is -0.105. The molecule has 18 heavy (non-hydrogen) atoms. The number of hydrogen-bond donors (Lipinski definition) is 1. The summed E-state index contributed by atoms with van der Waals surface area (Å²) in [5, 5.41) is 7.15. The number of carbonyl (C=O) groups is 1. The fourth-order valence-corrected chi connectivity index (χ4v) is 1.56. The summed E-state index contributed by atoms with van der Waals surface area (Å²) in [4.78, 5) is 14.9. The molecule has 2 aromatic rings. The molecule has 1 N–H and O–H groups in total. The Morgan fingerprint density at radius 1 is 1.33 bits per heavy atom. The molecule has 0 aliphatic carbocycles. The number of nitrogens with zero attached hydrogens (tertiary/aromatic N) is 3. The van der Waals surface area contributed by atoms with E-state index in [9.17, 15) is 4.79 Å². The number of pyridine rings is 1. The Morgan fingerprint density at radius 3 is 2.67 bits per heavy atom. The molecule has 0 atom stereocenters. The Morgan fingerprint density at radius 2 is 2.11 bits per heavy atom. The molecular weight excluding hydrogens is 228 g/mol. The van der Waals surface area contributed by atoms with E-state index < -0.39 is 0 Å². The molecule has 0 saturated heterocycles. The summed E-state index contributed by atoms with van der Waals surface area (Å²) in [7, 11) is 0. The van der Waals surface area contributed by atoms with Crippen LogP contribution in [0, 0.1) is 0 Å². The van der Waals surface area contributed by atoms with Gasteiger partial charge in [0.2, 0.25) is 6.41 Å². The Balaban J connectivity index is 2.52. The van der Waals surface area contributed by atoms with Crippen molar-refractivity contribution in [1.82, 2.24) is 14.8 Å². The third kappa shape index (κ3) is 2.40. The van der Waals surface area contributed by atoms with Crippen LogP contribution < -0.4 is 5.32 Å². The number of rotatable bonds is 3. The predicted molar refractivity (Wildman–Crippen MR) is 69.7 cm³/mol. The van der Waals surface area contributed by atoms with Crippen molar-refractivity contribution in [2.24, 2.45) is 0 Å². The maximum absolute atomic E-state index is 10.6. The van der Waals surface area contributed by atoms with Crippen LogP contribution in [0.25, 0.3) is 5.82 Å². The highest BCUT2D eigenvalue weighted by molar-refractivity contribution is 5.70. The highest BCUT2D eigenvalue weighted by Gasteiger charge is 2.20. The molecule has 5 nitrogen and oxygen atoms in total. The summed E-state index contributed by atoms with van der Waals surface area (Å²) in [6, 6.07) is 7.43. The zero-order chi connectivity index (χ0) is 13.2. The van der Waals surface area contributed by atoms with Gasteiger partial charge in [-0.3, -0.25) is 4.79 Å². The van der Waals surface area contributed by atoms with Crippen LogP contribution >= 0.6 is 0 Å². The van der Waals surface area contributed by atoms with E-state index in [1.54, 1.807) is 10.9 Å². The average molecular weight is 244 g/mol. The van der Waals surface area contributed by atoms with Gasteiger partial charge in [0.25, 0.3) is 0 Å². The second kappa shape index (κ2) is 4.60. The maximum Gasteiger partial charge on any atom is 0.212 e. The van der Waals surface area contributed by atoms with Crippen molar-refractivity contribution >= 4 is 12.2 Å². The van der Waals surface area contributed by atoms with E-state index in [1.165, 1.54) is 0 Å². The van der Waals surface area contributed by atoms with Crippen LogP contribution in [0.2, 0.25) is 0 Å². The molecule has 0 radical (unpaired) electrons. The topological polar surface area (TPSA) is 59.8 Å². The quantitative estimate of drug-likeness (QED) is 0.841. The van der Waals surface area contributed by atoms with Crippen LogP contribution in [0.3, 0.4) is 0 Å². The maximum atomic E-state index is 10.6. The van der Waals surface area contributed by atoms with Gasteiger partial charge in [0, 0.05) is 17.7 Å². The Kier molecular flexibility index (Phi) is 3.14. The fourth-order valence-electron chi connectivity index (χ4n) is 1.56. The summed E-state index contributed by atoms with van der Waals surface area (Å²) in [6.45, 7) is 6.22. The molecule has 0 fully saturated rings. The second-order valence-corrected chi connectivity index (χ2v) is 5.03. The number of amides is 1. The zero-order valence-corrected chi connectivity index (χ0v) is 10.7. The van der Waals surface area contributed by atoms with Gasteiger partial charge in [-0.15, -0.1) is 0 Å². The normalized spacial score (nSPS) is 11.3. The molecule has 0 aliphatic heterocycles. The van der Waals surface area contributed by atoms with Gasteiger partial charge < -0.3 is 5.32 Å². The SMILES string of the molecule is CC(C)(C)c1cc(NC=O)n(-c2ccccn2)n1. The summed E-state index contributed by atoms with van der Waals surface area (Å²) in [5.74, 6) is 1.30. The van der Waals surface area contributed by atoms with Crippen molar-refractivity contribution in [2.45, 2.75) is 26.2 Å². The van der Waals surface area contributed by atoms with Gasteiger partial charge in [-0.2, -0.15) is 9.78 Å². The van der Waals surface area contributed by atoms with Crippen molar-refractivity contribution in [3.05, 3.63) is 36.2 Å². The van der Waals surface area contributed by atoms with Crippen molar-refractivity contribution in [3.63, 3.8) is 0 Å². The van der Waals surface area contributed by atoms with Gasteiger partial charge in [-0.1, -0.05) is 26.8 Å². The lowest BCUT2D eigenvalue weighted by Gasteiger charge is -2.13. The standard InChI is InChI=1S/C13H16N4O/c1-13(2,3)10-8-12(15-9-18)17(16-10)11-6-4-5-7-14-11/h4-9H,1-3H3,(H,15,18). The smallest absolute Gasteiger partial charge is 0.212 e. The van der Waals surface area contributed by atoms with E-state index in [0.717, 1.165) is 5.69 Å². The predicted octanol–water partition coefficient (Wildman–Crippen LogP) is 2.13. The monoisotopic (exact) mass is 244 g/mol. The van der Waals surface area contributed by atoms with E-state index in [4.69, 9.17) is 0 Å². The first-order valence-electron chi connectivity index (χ1n) is 5.74. The van der Waals surface area contributed by atoms with Crippen LogP contribution in [0.4, 0.5) is 5.82 Å². The molecule has 0 unspecified atom stereocenters. The molecule has 2 heterocycles. The number of hydrogen-bond acceptors (Lipinski definition) is 3. The van der Waals surface area contributed by atoms with Crippen LogP contribution in [-0.2, 0) is 10.2 Å². The van der Waals surface area contributed by atoms with Crippen LogP contribution in [-0.4, -0.2) is 21.2 Å². The molecule has 0 saturated carbocycles. The molecule has 94 valence electrons. The van der Waals surface area contributed by atoms with E-state index in [0.29, 0.717) is 18.0 Å². The molecular formula is C13H16N4O. The first-order chi connectivity index (χ1) is 8.52. The minimum atomic E-state index is -0.0840. The van der Waals surface area contributed by atoms with Crippen molar-refractivity contribution in [1.29, 1.82) is 0 Å². The van der Waals surface area contributed by atoms with Crippen molar-refractivity contribution < 1.29 is 4.79 Å². The summed E-state index contributed by atoms with van der Waals surface area (Å²) < 4.78 is 1.63. The third-order valence-corrected chi connectivity index (χ3v) is 2.55. The van der Waals surface area contributed by atoms with Gasteiger partial charge in [0.15, 0.2) is 5.82 Å². The largest absolute Gasteiger partial charge is 0.313 e. The number of aromatic nitrogens is 3. The highest BCUT2D eigenvalue weighted by Crippen LogP contribution is 2.25. The van der Waals surface area contributed by atoms with Gasteiger partial charge in [0.05, 0.1) is 5.69 Å². The Hall–Kier alpha value is -2.17. The number of anilines is 1. The molecule has 5 heteroatoms. The van der Waals surface area contributed by atoms with E-state index in [1.807, 2.05) is 24.3 Å². The zero-order valence-electron chi connectivity index (χ0n) is 10.7. The van der Waals surface area contributed by atoms with Gasteiger partial charge in [-0.25, -0.2) is 4.98 Å². The first-order valence-corrected chi connectivity index (χ1v) is 5.74. The van der Waals surface area contributed by atoms with Gasteiger partial charge in [-0.05, 0) is 12.1 Å². The molecule has 0 bridgehead atoms. The Bertz CT molecular complexity index is 540. The summed E-state index contributed by atoms with van der Waals surface area (Å²) >= 11 is 0. The number of carbonyl (C=O) groups excluding carboxylic acids is 1. The minimum Gasteiger partial charge on any atom is -0.313 e. The molecule has 2 rings (SSSR count). The Labute approximate surface area is 106 Å². The van der Waals surface area contributed by atoms with Crippen LogP contribution in [0.1, 0.15) is 26.5 Å². The molecule has 1 amide bonds. The minimum absolute atomic E-state index is 0.0840. The fraction of sp³-hybridized carbons (Fsp3) is 0.308. The van der Waals surface area contributed by atoms with Gasteiger partial charge >= 0.3 is 0 Å². The molecule has 0 aliphatic rings. The summed E-state index contributed by atoms with van der Waals surface area (Å²) in [6.07, 6.45) is 2.33. The van der Waals surface area contributed by atoms with Crippen molar-refractivity contribution in [2.75, 3.05) is 5.32 Å². The van der Waals surface area contributed by atoms with E-state index in [2.05, 4.69) is 36.2 Å². The number of nitrogens with one attached hydrogen (secondary N) is 1. The third-order valence-electron chi connectivity index (χ3n) is 2.55. The van der Waals surface area contributed by atoms with Gasteiger partial charge in [0.1, 0.15) is 5.82 Å². The lowest BCUT2D eigenvalue weighted by Crippen LogP contribution is -2.12. The van der Waals surface area contributed by atoms with E-state index >= 15 is 0 Å². The van der Waals surface area contributed by atoms with E-state index in [-0.39, 0.29) is 5.41 Å². The first kappa shape index (κ1) is 12.3. The molecule has 0 aromatic carbocycles. The van der Waals surface area contributed by atoms with Crippen LogP contribution in [0.15, 0.2) is 30.5 Å². The highest BCUT2D eigenvalue weighted by atomic mass is 16.1. The second-order valence-electron chi connectivity index (χ2n) is 5.03. The van der Waals surface area contributed by atoms with Crippen molar-refractivity contribution in [3.8, 4) is 5.82 Å². The molecule has 2 aromatic heterocycles. The average Bonchev–Trinajstić information content (AvgIpc) is 2.75. The summed E-state index contributed by atoms with van der Waals surface area (Å²) in [5.41, 5.74) is 0.816. The van der Waals surface area contributed by atoms with Crippen LogP contribution in [0.5, 0.6) is 0 Å².